The Morgan fingerprint density at radius 2 is 2.12 bits per heavy atom. The molecular formula is C14H19NO2. The van der Waals surface area contributed by atoms with E-state index >= 15 is 0 Å². The van der Waals surface area contributed by atoms with Crippen LogP contribution < -0.4 is 14.8 Å². The number of hydrogen-bond donors (Lipinski definition) is 1. The van der Waals surface area contributed by atoms with Gasteiger partial charge in [0.1, 0.15) is 11.5 Å². The summed E-state index contributed by atoms with van der Waals surface area (Å²) in [6.07, 6.45) is 6.84. The minimum Gasteiger partial charge on any atom is -0.497 e. The number of methoxy groups -OCH3 is 2. The molecule has 3 nitrogen and oxygen atoms in total. The summed E-state index contributed by atoms with van der Waals surface area (Å²) >= 11 is 0. The van der Waals surface area contributed by atoms with E-state index in [1.807, 2.05) is 18.2 Å². The zero-order valence-corrected chi connectivity index (χ0v) is 10.4. The van der Waals surface area contributed by atoms with E-state index in [4.69, 9.17) is 9.47 Å². The third-order valence-corrected chi connectivity index (χ3v) is 2.84. The third-order valence-electron chi connectivity index (χ3n) is 2.84. The highest BCUT2D eigenvalue weighted by Gasteiger charge is 2.18. The molecule has 0 spiro atoms. The van der Waals surface area contributed by atoms with E-state index in [1.165, 1.54) is 12.8 Å². The van der Waals surface area contributed by atoms with Crippen molar-refractivity contribution < 1.29 is 9.47 Å². The zero-order valence-electron chi connectivity index (χ0n) is 10.4. The lowest BCUT2D eigenvalue weighted by atomic mass is 10.1. The Hall–Kier alpha value is -1.48. The molecule has 17 heavy (non-hydrogen) atoms. The van der Waals surface area contributed by atoms with Crippen molar-refractivity contribution in [3.63, 3.8) is 0 Å². The summed E-state index contributed by atoms with van der Waals surface area (Å²) in [5.41, 5.74) is 1.07. The molecule has 2 rings (SSSR count). The van der Waals surface area contributed by atoms with Crippen molar-refractivity contribution in [1.82, 2.24) is 5.32 Å². The van der Waals surface area contributed by atoms with Crippen LogP contribution in [-0.4, -0.2) is 26.8 Å². The molecule has 0 bridgehead atoms. The van der Waals surface area contributed by atoms with E-state index in [9.17, 15) is 0 Å². The van der Waals surface area contributed by atoms with Crippen molar-refractivity contribution in [3.05, 3.63) is 29.8 Å². The maximum atomic E-state index is 5.33. The van der Waals surface area contributed by atoms with E-state index in [1.54, 1.807) is 14.2 Å². The second-order valence-electron chi connectivity index (χ2n) is 4.19. The molecule has 1 aliphatic carbocycles. The van der Waals surface area contributed by atoms with Crippen LogP contribution in [0.3, 0.4) is 0 Å². The molecule has 0 heterocycles. The van der Waals surface area contributed by atoms with Gasteiger partial charge in [0.15, 0.2) is 0 Å². The molecule has 0 aromatic heterocycles. The van der Waals surface area contributed by atoms with Crippen molar-refractivity contribution in [3.8, 4) is 11.5 Å². The number of hydrogen-bond acceptors (Lipinski definition) is 3. The predicted octanol–water partition coefficient (Wildman–Crippen LogP) is 2.47. The highest BCUT2D eigenvalue weighted by molar-refractivity contribution is 5.59. The van der Waals surface area contributed by atoms with Crippen LogP contribution in [0.5, 0.6) is 11.5 Å². The summed E-state index contributed by atoms with van der Waals surface area (Å²) < 4.78 is 10.5. The molecule has 1 N–H and O–H groups in total. The lowest BCUT2D eigenvalue weighted by Gasteiger charge is -2.07. The van der Waals surface area contributed by atoms with Crippen LogP contribution in [0.1, 0.15) is 18.4 Å². The number of nitrogens with one attached hydrogen (secondary N) is 1. The molecule has 1 aromatic carbocycles. The minimum absolute atomic E-state index is 0.748. The van der Waals surface area contributed by atoms with Crippen LogP contribution in [0.4, 0.5) is 0 Å². The lowest BCUT2D eigenvalue weighted by Crippen LogP contribution is -2.15. The van der Waals surface area contributed by atoms with Gasteiger partial charge in [0.25, 0.3) is 0 Å². The Labute approximate surface area is 102 Å². The van der Waals surface area contributed by atoms with E-state index in [0.29, 0.717) is 0 Å². The average Bonchev–Trinajstić information content (AvgIpc) is 3.18. The fourth-order valence-corrected chi connectivity index (χ4v) is 1.66. The van der Waals surface area contributed by atoms with Crippen molar-refractivity contribution >= 4 is 6.08 Å². The fraction of sp³-hybridized carbons (Fsp3) is 0.429. The highest BCUT2D eigenvalue weighted by atomic mass is 16.5. The van der Waals surface area contributed by atoms with Gasteiger partial charge in [-0.1, -0.05) is 12.2 Å². The molecule has 0 atom stereocenters. The minimum atomic E-state index is 0.748. The van der Waals surface area contributed by atoms with Gasteiger partial charge in [-0.05, 0) is 25.0 Å². The van der Waals surface area contributed by atoms with Crippen molar-refractivity contribution in [1.29, 1.82) is 0 Å². The monoisotopic (exact) mass is 233 g/mol. The van der Waals surface area contributed by atoms with Crippen molar-refractivity contribution in [2.24, 2.45) is 0 Å². The largest absolute Gasteiger partial charge is 0.497 e. The van der Waals surface area contributed by atoms with Gasteiger partial charge in [0.05, 0.1) is 14.2 Å². The standard InChI is InChI=1S/C14H19NO2/c1-16-13-8-5-11(14(10-13)17-2)4-3-9-15-12-6-7-12/h3-5,8,10,12,15H,6-7,9H2,1-2H3. The zero-order chi connectivity index (χ0) is 12.1. The summed E-state index contributed by atoms with van der Waals surface area (Å²) in [6.45, 7) is 0.917. The number of benzene rings is 1. The lowest BCUT2D eigenvalue weighted by molar-refractivity contribution is 0.394. The molecule has 1 aromatic rings. The third kappa shape index (κ3) is 3.49. The van der Waals surface area contributed by atoms with E-state index in [-0.39, 0.29) is 0 Å². The van der Waals surface area contributed by atoms with E-state index in [2.05, 4.69) is 17.5 Å². The Bertz CT molecular complexity index is 397. The van der Waals surface area contributed by atoms with Gasteiger partial charge in [-0.3, -0.25) is 0 Å². The van der Waals surface area contributed by atoms with Crippen LogP contribution >= 0.6 is 0 Å². The topological polar surface area (TPSA) is 30.5 Å². The first-order valence-electron chi connectivity index (χ1n) is 5.95. The molecule has 0 saturated heterocycles. The van der Waals surface area contributed by atoms with Gasteiger partial charge in [0.2, 0.25) is 0 Å². The Morgan fingerprint density at radius 1 is 1.29 bits per heavy atom. The first-order chi connectivity index (χ1) is 8.33. The molecule has 0 unspecified atom stereocenters. The molecular weight excluding hydrogens is 214 g/mol. The molecule has 1 aliphatic rings. The SMILES string of the molecule is COc1ccc(C=CCNC2CC2)c(OC)c1. The number of ether oxygens (including phenoxy) is 2. The molecule has 0 radical (unpaired) electrons. The maximum absolute atomic E-state index is 5.33. The Balaban J connectivity index is 1.97. The molecule has 3 heteroatoms. The van der Waals surface area contributed by atoms with Crippen LogP contribution in [0.2, 0.25) is 0 Å². The van der Waals surface area contributed by atoms with Crippen LogP contribution in [0, 0.1) is 0 Å². The van der Waals surface area contributed by atoms with Gasteiger partial charge in [-0.2, -0.15) is 0 Å². The summed E-state index contributed by atoms with van der Waals surface area (Å²) in [5, 5.41) is 3.43. The van der Waals surface area contributed by atoms with Gasteiger partial charge in [-0.25, -0.2) is 0 Å². The normalized spacial score (nSPS) is 15.2. The van der Waals surface area contributed by atoms with E-state index < -0.39 is 0 Å². The second-order valence-corrected chi connectivity index (χ2v) is 4.19. The molecule has 0 amide bonds. The molecule has 1 fully saturated rings. The summed E-state index contributed by atoms with van der Waals surface area (Å²) in [5.74, 6) is 1.65. The predicted molar refractivity (Wildman–Crippen MR) is 69.6 cm³/mol. The summed E-state index contributed by atoms with van der Waals surface area (Å²) in [6, 6.07) is 6.59. The maximum Gasteiger partial charge on any atom is 0.129 e. The fourth-order valence-electron chi connectivity index (χ4n) is 1.66. The van der Waals surface area contributed by atoms with Gasteiger partial charge in [-0.15, -0.1) is 0 Å². The van der Waals surface area contributed by atoms with Crippen LogP contribution in [0.25, 0.3) is 6.08 Å². The number of rotatable bonds is 6. The first-order valence-corrected chi connectivity index (χ1v) is 5.95. The molecule has 92 valence electrons. The van der Waals surface area contributed by atoms with Crippen LogP contribution in [0.15, 0.2) is 24.3 Å². The Morgan fingerprint density at radius 3 is 2.76 bits per heavy atom. The van der Waals surface area contributed by atoms with Gasteiger partial charge in [0, 0.05) is 24.2 Å². The summed E-state index contributed by atoms with van der Waals surface area (Å²) in [4.78, 5) is 0. The highest BCUT2D eigenvalue weighted by Crippen LogP contribution is 2.25. The summed E-state index contributed by atoms with van der Waals surface area (Å²) in [7, 11) is 3.33. The van der Waals surface area contributed by atoms with Gasteiger partial charge >= 0.3 is 0 Å². The molecule has 0 aliphatic heterocycles. The van der Waals surface area contributed by atoms with E-state index in [0.717, 1.165) is 29.6 Å². The van der Waals surface area contributed by atoms with Crippen LogP contribution in [-0.2, 0) is 0 Å². The Kier molecular flexibility index (Phi) is 4.04. The van der Waals surface area contributed by atoms with Crippen molar-refractivity contribution in [2.75, 3.05) is 20.8 Å². The average molecular weight is 233 g/mol. The first kappa shape index (κ1) is 12.0. The van der Waals surface area contributed by atoms with Gasteiger partial charge < -0.3 is 14.8 Å². The second kappa shape index (κ2) is 5.73. The van der Waals surface area contributed by atoms with Crippen molar-refractivity contribution in [2.45, 2.75) is 18.9 Å². The molecule has 1 saturated carbocycles. The smallest absolute Gasteiger partial charge is 0.129 e. The quantitative estimate of drug-likeness (QED) is 0.818.